The van der Waals surface area contributed by atoms with E-state index in [-0.39, 0.29) is 11.4 Å². The van der Waals surface area contributed by atoms with Gasteiger partial charge in [-0.1, -0.05) is 0 Å². The summed E-state index contributed by atoms with van der Waals surface area (Å²) in [6.45, 7) is 4.41. The lowest BCUT2D eigenvalue weighted by atomic mass is 9.97. The second kappa shape index (κ2) is 4.45. The predicted molar refractivity (Wildman–Crippen MR) is 79.0 cm³/mol. The Bertz CT molecular complexity index is 646. The van der Waals surface area contributed by atoms with Gasteiger partial charge in [-0.2, -0.15) is 0 Å². The molecule has 0 N–H and O–H groups in total. The molecular formula is C14H15BrClFN2. The third-order valence-electron chi connectivity index (χ3n) is 4.04. The minimum Gasteiger partial charge on any atom is -0.321 e. The number of hydrogen-bond acceptors (Lipinski definition) is 1. The van der Waals surface area contributed by atoms with Crippen LogP contribution >= 0.6 is 27.5 Å². The smallest absolute Gasteiger partial charge is 0.139 e. The molecule has 0 bridgehead atoms. The van der Waals surface area contributed by atoms with E-state index in [1.807, 2.05) is 0 Å². The Morgan fingerprint density at radius 3 is 2.74 bits per heavy atom. The zero-order valence-corrected chi connectivity index (χ0v) is 13.2. The van der Waals surface area contributed by atoms with E-state index in [0.29, 0.717) is 21.8 Å². The molecule has 1 aromatic carbocycles. The molecule has 5 heteroatoms. The third kappa shape index (κ3) is 2.09. The number of nitrogens with zero attached hydrogens (tertiary/aromatic N) is 2. The van der Waals surface area contributed by atoms with Crippen molar-refractivity contribution in [3.63, 3.8) is 0 Å². The van der Waals surface area contributed by atoms with Gasteiger partial charge >= 0.3 is 0 Å². The topological polar surface area (TPSA) is 17.8 Å². The van der Waals surface area contributed by atoms with Crippen LogP contribution < -0.4 is 0 Å². The maximum atomic E-state index is 13.6. The molecule has 19 heavy (non-hydrogen) atoms. The maximum Gasteiger partial charge on any atom is 0.139 e. The number of aromatic nitrogens is 2. The highest BCUT2D eigenvalue weighted by molar-refractivity contribution is 9.10. The Morgan fingerprint density at radius 1 is 1.47 bits per heavy atom. The van der Waals surface area contributed by atoms with Crippen molar-refractivity contribution >= 4 is 38.6 Å². The van der Waals surface area contributed by atoms with Gasteiger partial charge < -0.3 is 4.57 Å². The predicted octanol–water partition coefficient (Wildman–Crippen LogP) is 4.82. The highest BCUT2D eigenvalue weighted by Gasteiger charge is 2.41. The summed E-state index contributed by atoms with van der Waals surface area (Å²) in [7, 11) is 0. The number of imidazole rings is 1. The van der Waals surface area contributed by atoms with Crippen LogP contribution in [0.3, 0.4) is 0 Å². The molecule has 1 aliphatic rings. The first-order valence-electron chi connectivity index (χ1n) is 6.38. The Morgan fingerprint density at radius 2 is 2.16 bits per heavy atom. The van der Waals surface area contributed by atoms with Gasteiger partial charge in [-0.3, -0.25) is 0 Å². The molecule has 1 fully saturated rings. The minimum atomic E-state index is -0.289. The van der Waals surface area contributed by atoms with Gasteiger partial charge in [-0.05, 0) is 54.6 Å². The highest BCUT2D eigenvalue weighted by Crippen LogP contribution is 2.46. The maximum absolute atomic E-state index is 13.6. The zero-order chi connectivity index (χ0) is 13.8. The van der Waals surface area contributed by atoms with E-state index in [9.17, 15) is 4.39 Å². The first-order valence-corrected chi connectivity index (χ1v) is 7.70. The first kappa shape index (κ1) is 13.4. The van der Waals surface area contributed by atoms with Crippen LogP contribution in [0.15, 0.2) is 16.6 Å². The monoisotopic (exact) mass is 344 g/mol. The van der Waals surface area contributed by atoms with Crippen LogP contribution in [-0.2, 0) is 11.4 Å². The third-order valence-corrected chi connectivity index (χ3v) is 4.89. The number of benzene rings is 1. The Balaban J connectivity index is 2.29. The molecular weight excluding hydrogens is 331 g/mol. The zero-order valence-electron chi connectivity index (χ0n) is 10.9. The summed E-state index contributed by atoms with van der Waals surface area (Å²) < 4.78 is 16.3. The Kier molecular flexibility index (Phi) is 3.13. The normalized spacial score (nSPS) is 16.3. The van der Waals surface area contributed by atoms with E-state index in [2.05, 4.69) is 39.3 Å². The summed E-state index contributed by atoms with van der Waals surface area (Å²) >= 11 is 9.28. The number of fused-ring (bicyclic) bond motifs is 1. The molecule has 0 aliphatic heterocycles. The molecule has 0 amide bonds. The summed E-state index contributed by atoms with van der Waals surface area (Å²) in [6.07, 6.45) is 2.47. The summed E-state index contributed by atoms with van der Waals surface area (Å²) in [5.74, 6) is 1.51. The highest BCUT2D eigenvalue weighted by atomic mass is 79.9. The number of hydrogen-bond donors (Lipinski definition) is 0. The van der Waals surface area contributed by atoms with Crippen molar-refractivity contribution < 1.29 is 4.39 Å². The Labute approximate surface area is 125 Å². The van der Waals surface area contributed by atoms with Crippen molar-refractivity contribution in [3.8, 4) is 0 Å². The molecule has 0 unspecified atom stereocenters. The van der Waals surface area contributed by atoms with Gasteiger partial charge in [0.05, 0.1) is 21.4 Å². The average Bonchev–Trinajstić information content (AvgIpc) is 3.13. The lowest BCUT2D eigenvalue weighted by Crippen LogP contribution is -2.30. The van der Waals surface area contributed by atoms with Crippen molar-refractivity contribution in [2.75, 3.05) is 0 Å². The van der Waals surface area contributed by atoms with Gasteiger partial charge in [0.15, 0.2) is 0 Å². The molecule has 3 rings (SSSR count). The fraction of sp³-hybridized carbons (Fsp3) is 0.500. The lowest BCUT2D eigenvalue weighted by Gasteiger charge is -2.29. The molecule has 2 aromatic rings. The van der Waals surface area contributed by atoms with Crippen LogP contribution in [0, 0.1) is 11.7 Å². The van der Waals surface area contributed by atoms with Crippen LogP contribution in [0.25, 0.3) is 11.0 Å². The number of rotatable bonds is 3. The molecule has 2 nitrogen and oxygen atoms in total. The summed E-state index contributed by atoms with van der Waals surface area (Å²) in [4.78, 5) is 4.48. The van der Waals surface area contributed by atoms with Crippen LogP contribution in [0.1, 0.15) is 32.5 Å². The largest absolute Gasteiger partial charge is 0.321 e. The SMILES string of the molecule is CC(C)(C1CC1)n1c(CCl)nc2cc(F)c(Br)cc21. The second-order valence-corrected chi connectivity index (χ2v) is 6.80. The van der Waals surface area contributed by atoms with Crippen molar-refractivity contribution in [1.82, 2.24) is 9.55 Å². The molecule has 1 aliphatic carbocycles. The first-order chi connectivity index (χ1) is 8.95. The molecule has 0 spiro atoms. The van der Waals surface area contributed by atoms with Crippen molar-refractivity contribution in [2.45, 2.75) is 38.1 Å². The summed E-state index contributed by atoms with van der Waals surface area (Å²) in [6, 6.07) is 3.27. The molecule has 0 atom stereocenters. The van der Waals surface area contributed by atoms with Gasteiger partial charge in [0, 0.05) is 11.6 Å². The standard InChI is InChI=1S/C14H15BrClFN2/c1-14(2,8-3-4-8)19-12-5-9(15)10(17)6-11(12)18-13(19)7-16/h5-6,8H,3-4,7H2,1-2H3. The van der Waals surface area contributed by atoms with Crippen LogP contribution in [-0.4, -0.2) is 9.55 Å². The second-order valence-electron chi connectivity index (χ2n) is 5.68. The van der Waals surface area contributed by atoms with Crippen molar-refractivity contribution in [2.24, 2.45) is 5.92 Å². The minimum absolute atomic E-state index is 0.0315. The van der Waals surface area contributed by atoms with E-state index in [1.165, 1.54) is 18.9 Å². The number of alkyl halides is 1. The quantitative estimate of drug-likeness (QED) is 0.729. The van der Waals surface area contributed by atoms with Gasteiger partial charge in [0.25, 0.3) is 0 Å². The molecule has 0 radical (unpaired) electrons. The van der Waals surface area contributed by atoms with Gasteiger partial charge in [0.2, 0.25) is 0 Å². The average molecular weight is 346 g/mol. The van der Waals surface area contributed by atoms with E-state index in [1.54, 1.807) is 6.07 Å². The van der Waals surface area contributed by atoms with E-state index >= 15 is 0 Å². The summed E-state index contributed by atoms with van der Waals surface area (Å²) in [5, 5.41) is 0. The lowest BCUT2D eigenvalue weighted by molar-refractivity contribution is 0.306. The molecule has 1 saturated carbocycles. The fourth-order valence-corrected chi connectivity index (χ4v) is 3.34. The fourth-order valence-electron chi connectivity index (χ4n) is 2.83. The van der Waals surface area contributed by atoms with Crippen LogP contribution in [0.2, 0.25) is 0 Å². The van der Waals surface area contributed by atoms with E-state index in [4.69, 9.17) is 11.6 Å². The molecule has 102 valence electrons. The van der Waals surface area contributed by atoms with E-state index < -0.39 is 0 Å². The van der Waals surface area contributed by atoms with Gasteiger partial charge in [-0.25, -0.2) is 9.37 Å². The van der Waals surface area contributed by atoms with Crippen LogP contribution in [0.5, 0.6) is 0 Å². The van der Waals surface area contributed by atoms with Gasteiger partial charge in [-0.15, -0.1) is 11.6 Å². The molecule has 1 aromatic heterocycles. The van der Waals surface area contributed by atoms with Crippen molar-refractivity contribution in [3.05, 3.63) is 28.2 Å². The molecule has 1 heterocycles. The number of halogens is 3. The van der Waals surface area contributed by atoms with Gasteiger partial charge in [0.1, 0.15) is 11.6 Å². The van der Waals surface area contributed by atoms with Crippen molar-refractivity contribution in [1.29, 1.82) is 0 Å². The van der Waals surface area contributed by atoms with E-state index in [0.717, 1.165) is 11.3 Å². The van der Waals surface area contributed by atoms with Crippen LogP contribution in [0.4, 0.5) is 4.39 Å². The molecule has 0 saturated heterocycles. The Hall–Kier alpha value is -0.610. The summed E-state index contributed by atoms with van der Waals surface area (Å²) in [5.41, 5.74) is 1.59.